The molecule has 1 fully saturated rings. The molecule has 18 heavy (non-hydrogen) atoms. The van der Waals surface area contributed by atoms with Crippen molar-refractivity contribution in [1.82, 2.24) is 9.80 Å². The molecule has 0 aromatic heterocycles. The smallest absolute Gasteiger partial charge is 0.127 e. The average Bonchev–Trinajstić information content (AvgIpc) is 2.30. The van der Waals surface area contributed by atoms with Gasteiger partial charge in [-0.1, -0.05) is 6.92 Å². The predicted octanol–water partition coefficient (Wildman–Crippen LogP) is 2.06. The number of hydrogen-bond acceptors (Lipinski definition) is 3. The van der Waals surface area contributed by atoms with Gasteiger partial charge in [-0.15, -0.1) is 0 Å². The largest absolute Gasteiger partial charge is 0.508 e. The lowest BCUT2D eigenvalue weighted by Crippen LogP contribution is -2.50. The Bertz CT molecular complexity index is 391. The van der Waals surface area contributed by atoms with Crippen LogP contribution in [0.15, 0.2) is 18.2 Å². The lowest BCUT2D eigenvalue weighted by atomic mass is 10.1. The van der Waals surface area contributed by atoms with E-state index in [9.17, 15) is 9.50 Å². The van der Waals surface area contributed by atoms with Crippen molar-refractivity contribution >= 4 is 0 Å². The van der Waals surface area contributed by atoms with Crippen LogP contribution in [0.3, 0.4) is 0 Å². The monoisotopic (exact) mass is 252 g/mol. The van der Waals surface area contributed by atoms with Crippen LogP contribution in [0.1, 0.15) is 18.9 Å². The first kappa shape index (κ1) is 13.3. The minimum Gasteiger partial charge on any atom is -0.508 e. The zero-order chi connectivity index (χ0) is 13.1. The molecule has 1 N–H and O–H groups in total. The minimum atomic E-state index is -0.369. The molecule has 2 rings (SSSR count). The summed E-state index contributed by atoms with van der Waals surface area (Å²) in [5, 5.41) is 9.40. The summed E-state index contributed by atoms with van der Waals surface area (Å²) < 4.78 is 13.2. The van der Waals surface area contributed by atoms with Crippen molar-refractivity contribution in [3.05, 3.63) is 29.6 Å². The normalized spacial score (nSPS) is 22.3. The second-order valence-corrected chi connectivity index (χ2v) is 5.10. The van der Waals surface area contributed by atoms with Crippen molar-refractivity contribution in [2.24, 2.45) is 0 Å². The first-order valence-electron chi connectivity index (χ1n) is 6.49. The Kier molecular flexibility index (Phi) is 4.19. The molecule has 0 amide bonds. The highest BCUT2D eigenvalue weighted by Gasteiger charge is 2.22. The summed E-state index contributed by atoms with van der Waals surface area (Å²) in [5.74, 6) is -0.364. The highest BCUT2D eigenvalue weighted by molar-refractivity contribution is 5.28. The van der Waals surface area contributed by atoms with E-state index in [1.54, 1.807) is 6.07 Å². The van der Waals surface area contributed by atoms with Crippen molar-refractivity contribution in [3.63, 3.8) is 0 Å². The Morgan fingerprint density at radius 1 is 1.33 bits per heavy atom. The number of aromatic hydroxyl groups is 1. The molecule has 1 aliphatic rings. The summed E-state index contributed by atoms with van der Waals surface area (Å²) >= 11 is 0. The zero-order valence-electron chi connectivity index (χ0n) is 11.1. The molecule has 0 saturated carbocycles. The second-order valence-electron chi connectivity index (χ2n) is 5.10. The van der Waals surface area contributed by atoms with Gasteiger partial charge in [0.05, 0.1) is 0 Å². The standard InChI is InChI=1S/C14H21FN2O/c1-3-13-10-17(5-4-16(13)2)9-11-6-12(15)8-14(18)7-11/h6-8,13,18H,3-5,9-10H2,1-2H3. The van der Waals surface area contributed by atoms with Crippen LogP contribution in [0, 0.1) is 5.82 Å². The number of piperazine rings is 1. The molecule has 0 spiro atoms. The molecule has 1 saturated heterocycles. The van der Waals surface area contributed by atoms with E-state index in [-0.39, 0.29) is 11.6 Å². The highest BCUT2D eigenvalue weighted by atomic mass is 19.1. The number of halogens is 1. The molecule has 1 aliphatic heterocycles. The van der Waals surface area contributed by atoms with Gasteiger partial charge in [0.2, 0.25) is 0 Å². The molecule has 1 heterocycles. The lowest BCUT2D eigenvalue weighted by Gasteiger charge is -2.39. The van der Waals surface area contributed by atoms with E-state index in [1.807, 2.05) is 0 Å². The number of nitrogens with zero attached hydrogens (tertiary/aromatic N) is 2. The molecular formula is C14H21FN2O. The van der Waals surface area contributed by atoms with Gasteiger partial charge in [0.15, 0.2) is 0 Å². The molecule has 1 aromatic rings. The molecule has 3 nitrogen and oxygen atoms in total. The van der Waals surface area contributed by atoms with Crippen molar-refractivity contribution in [1.29, 1.82) is 0 Å². The Balaban J connectivity index is 2.01. The second kappa shape index (κ2) is 5.67. The Morgan fingerprint density at radius 2 is 2.11 bits per heavy atom. The Hall–Kier alpha value is -1.13. The summed E-state index contributed by atoms with van der Waals surface area (Å²) in [6.07, 6.45) is 1.13. The van der Waals surface area contributed by atoms with Crippen molar-refractivity contribution in [3.8, 4) is 5.75 Å². The van der Waals surface area contributed by atoms with Crippen LogP contribution in [0.25, 0.3) is 0 Å². The molecule has 0 bridgehead atoms. The fraction of sp³-hybridized carbons (Fsp3) is 0.571. The van der Waals surface area contributed by atoms with E-state index in [0.29, 0.717) is 12.6 Å². The third kappa shape index (κ3) is 3.21. The summed E-state index contributed by atoms with van der Waals surface area (Å²) in [5.41, 5.74) is 0.840. The van der Waals surface area contributed by atoms with Gasteiger partial charge in [0.1, 0.15) is 11.6 Å². The summed E-state index contributed by atoms with van der Waals surface area (Å²) in [6.45, 7) is 5.93. The molecule has 4 heteroatoms. The number of likely N-dealkylation sites (N-methyl/N-ethyl adjacent to an activating group) is 1. The molecule has 100 valence electrons. The van der Waals surface area contributed by atoms with Gasteiger partial charge in [-0.3, -0.25) is 4.90 Å². The van der Waals surface area contributed by atoms with E-state index in [1.165, 1.54) is 6.07 Å². The van der Waals surface area contributed by atoms with Crippen LogP contribution < -0.4 is 0 Å². The Morgan fingerprint density at radius 3 is 2.78 bits per heavy atom. The number of benzene rings is 1. The van der Waals surface area contributed by atoms with Crippen LogP contribution in [0.2, 0.25) is 0 Å². The fourth-order valence-corrected chi connectivity index (χ4v) is 2.58. The zero-order valence-corrected chi connectivity index (χ0v) is 11.1. The van der Waals surface area contributed by atoms with Gasteiger partial charge in [0.25, 0.3) is 0 Å². The maximum absolute atomic E-state index is 13.2. The van der Waals surface area contributed by atoms with Gasteiger partial charge in [-0.25, -0.2) is 4.39 Å². The first-order chi connectivity index (χ1) is 8.58. The van der Waals surface area contributed by atoms with E-state index in [4.69, 9.17) is 0 Å². The van der Waals surface area contributed by atoms with Crippen molar-refractivity contribution in [2.45, 2.75) is 25.9 Å². The SMILES string of the molecule is CCC1CN(Cc2cc(O)cc(F)c2)CCN1C. The summed E-state index contributed by atoms with van der Waals surface area (Å²) in [7, 11) is 2.15. The van der Waals surface area contributed by atoms with Gasteiger partial charge >= 0.3 is 0 Å². The summed E-state index contributed by atoms with van der Waals surface area (Å²) in [6, 6.07) is 4.85. The van der Waals surface area contributed by atoms with Crippen LogP contribution in [0.5, 0.6) is 5.75 Å². The fourth-order valence-electron chi connectivity index (χ4n) is 2.58. The summed E-state index contributed by atoms with van der Waals surface area (Å²) in [4.78, 5) is 4.70. The van der Waals surface area contributed by atoms with Crippen LogP contribution >= 0.6 is 0 Å². The third-order valence-corrected chi connectivity index (χ3v) is 3.68. The number of phenolic OH excluding ortho intramolecular Hbond substituents is 1. The van der Waals surface area contributed by atoms with Crippen LogP contribution in [-0.4, -0.2) is 47.6 Å². The molecule has 1 aromatic carbocycles. The van der Waals surface area contributed by atoms with E-state index in [2.05, 4.69) is 23.8 Å². The molecule has 0 radical (unpaired) electrons. The van der Waals surface area contributed by atoms with Gasteiger partial charge < -0.3 is 10.0 Å². The topological polar surface area (TPSA) is 26.7 Å². The van der Waals surface area contributed by atoms with Crippen molar-refractivity contribution < 1.29 is 9.50 Å². The quantitative estimate of drug-likeness (QED) is 0.892. The third-order valence-electron chi connectivity index (χ3n) is 3.68. The van der Waals surface area contributed by atoms with E-state index < -0.39 is 0 Å². The minimum absolute atomic E-state index is 0.00571. The van der Waals surface area contributed by atoms with E-state index >= 15 is 0 Å². The molecular weight excluding hydrogens is 231 g/mol. The number of rotatable bonds is 3. The average molecular weight is 252 g/mol. The lowest BCUT2D eigenvalue weighted by molar-refractivity contribution is 0.0883. The van der Waals surface area contributed by atoms with Crippen LogP contribution in [-0.2, 0) is 6.54 Å². The first-order valence-corrected chi connectivity index (χ1v) is 6.49. The molecule has 1 atom stereocenters. The van der Waals surface area contributed by atoms with Gasteiger partial charge in [0, 0.05) is 38.3 Å². The number of hydrogen-bond donors (Lipinski definition) is 1. The van der Waals surface area contributed by atoms with Gasteiger partial charge in [-0.05, 0) is 31.2 Å². The molecule has 0 aliphatic carbocycles. The molecule has 1 unspecified atom stereocenters. The van der Waals surface area contributed by atoms with Gasteiger partial charge in [-0.2, -0.15) is 0 Å². The van der Waals surface area contributed by atoms with E-state index in [0.717, 1.165) is 37.7 Å². The Labute approximate surface area is 108 Å². The highest BCUT2D eigenvalue weighted by Crippen LogP contribution is 2.18. The maximum atomic E-state index is 13.2. The predicted molar refractivity (Wildman–Crippen MR) is 70.1 cm³/mol. The maximum Gasteiger partial charge on any atom is 0.127 e. The van der Waals surface area contributed by atoms with Crippen molar-refractivity contribution in [2.75, 3.05) is 26.7 Å². The number of phenols is 1. The van der Waals surface area contributed by atoms with Crippen LogP contribution in [0.4, 0.5) is 4.39 Å².